The molecule has 0 aromatic heterocycles. The third-order valence-corrected chi connectivity index (χ3v) is 3.81. The van der Waals surface area contributed by atoms with Gasteiger partial charge in [-0.15, -0.1) is 0 Å². The molecule has 18 heavy (non-hydrogen) atoms. The van der Waals surface area contributed by atoms with Gasteiger partial charge >= 0.3 is 0 Å². The Labute approximate surface area is 115 Å². The molecule has 0 fully saturated rings. The normalized spacial score (nSPS) is 14.5. The zero-order valence-corrected chi connectivity index (χ0v) is 12.0. The Morgan fingerprint density at radius 1 is 1.33 bits per heavy atom. The SMILES string of the molecule is CCCCC(CC)CC(N)c1ccc(Cl)c(F)c1. The van der Waals surface area contributed by atoms with E-state index in [0.29, 0.717) is 5.92 Å². The van der Waals surface area contributed by atoms with E-state index in [1.165, 1.54) is 25.3 Å². The Morgan fingerprint density at radius 2 is 2.06 bits per heavy atom. The van der Waals surface area contributed by atoms with Crippen molar-refractivity contribution >= 4 is 11.6 Å². The van der Waals surface area contributed by atoms with E-state index >= 15 is 0 Å². The molecule has 2 N–H and O–H groups in total. The maximum absolute atomic E-state index is 13.4. The van der Waals surface area contributed by atoms with E-state index in [0.717, 1.165) is 18.4 Å². The van der Waals surface area contributed by atoms with Crippen LogP contribution >= 0.6 is 11.6 Å². The first-order chi connectivity index (χ1) is 8.58. The van der Waals surface area contributed by atoms with Gasteiger partial charge in [0.1, 0.15) is 5.82 Å². The highest BCUT2D eigenvalue weighted by Crippen LogP contribution is 2.27. The second kappa shape index (κ2) is 7.75. The van der Waals surface area contributed by atoms with E-state index in [1.54, 1.807) is 6.07 Å². The van der Waals surface area contributed by atoms with Gasteiger partial charge in [0.2, 0.25) is 0 Å². The van der Waals surface area contributed by atoms with Crippen molar-refractivity contribution in [1.82, 2.24) is 0 Å². The van der Waals surface area contributed by atoms with Crippen LogP contribution < -0.4 is 5.73 Å². The summed E-state index contributed by atoms with van der Waals surface area (Å²) in [5, 5.41) is 0.156. The van der Waals surface area contributed by atoms with Crippen molar-refractivity contribution in [1.29, 1.82) is 0 Å². The van der Waals surface area contributed by atoms with Gasteiger partial charge in [0.25, 0.3) is 0 Å². The number of unbranched alkanes of at least 4 members (excludes halogenated alkanes) is 1. The molecule has 0 saturated carbocycles. The molecule has 102 valence electrons. The Morgan fingerprint density at radius 3 is 2.61 bits per heavy atom. The highest BCUT2D eigenvalue weighted by Gasteiger charge is 2.14. The highest BCUT2D eigenvalue weighted by atomic mass is 35.5. The Balaban J connectivity index is 2.62. The summed E-state index contributed by atoms with van der Waals surface area (Å²) in [6, 6.07) is 4.76. The predicted octanol–water partition coefficient (Wildman–Crippen LogP) is 5.09. The summed E-state index contributed by atoms with van der Waals surface area (Å²) in [5.74, 6) is 0.241. The fraction of sp³-hybridized carbons (Fsp3) is 0.600. The standard InChI is InChI=1S/C15H23ClFN/c1-3-5-6-11(4-2)9-15(18)12-7-8-13(16)14(17)10-12/h7-8,10-11,15H,3-6,9,18H2,1-2H3. The predicted molar refractivity (Wildman–Crippen MR) is 76.3 cm³/mol. The van der Waals surface area contributed by atoms with Crippen molar-refractivity contribution in [2.24, 2.45) is 11.7 Å². The average Bonchev–Trinajstić information content (AvgIpc) is 2.37. The van der Waals surface area contributed by atoms with E-state index in [-0.39, 0.29) is 16.9 Å². The zero-order valence-electron chi connectivity index (χ0n) is 11.3. The summed E-state index contributed by atoms with van der Waals surface area (Å²) in [6.45, 7) is 4.39. The van der Waals surface area contributed by atoms with Crippen molar-refractivity contribution < 1.29 is 4.39 Å². The van der Waals surface area contributed by atoms with Crippen molar-refractivity contribution in [2.45, 2.75) is 52.0 Å². The minimum absolute atomic E-state index is 0.0985. The number of halogens is 2. The number of hydrogen-bond donors (Lipinski definition) is 1. The molecule has 0 aliphatic carbocycles. The monoisotopic (exact) mass is 271 g/mol. The molecule has 0 aliphatic rings. The summed E-state index contributed by atoms with van der Waals surface area (Å²) in [7, 11) is 0. The Bertz CT molecular complexity index is 368. The molecule has 3 heteroatoms. The molecule has 1 aromatic carbocycles. The fourth-order valence-electron chi connectivity index (χ4n) is 2.22. The molecule has 2 unspecified atom stereocenters. The van der Waals surface area contributed by atoms with Gasteiger partial charge in [-0.25, -0.2) is 4.39 Å². The molecule has 0 radical (unpaired) electrons. The molecule has 0 spiro atoms. The molecule has 1 aromatic rings. The van der Waals surface area contributed by atoms with Crippen molar-refractivity contribution in [3.8, 4) is 0 Å². The molecule has 2 atom stereocenters. The third kappa shape index (κ3) is 4.58. The summed E-state index contributed by atoms with van der Waals surface area (Å²) >= 11 is 5.67. The lowest BCUT2D eigenvalue weighted by Gasteiger charge is -2.20. The van der Waals surface area contributed by atoms with Crippen LogP contribution in [-0.4, -0.2) is 0 Å². The lowest BCUT2D eigenvalue weighted by Crippen LogP contribution is -2.15. The van der Waals surface area contributed by atoms with Gasteiger partial charge in [0.15, 0.2) is 0 Å². The van der Waals surface area contributed by atoms with E-state index in [4.69, 9.17) is 17.3 Å². The van der Waals surface area contributed by atoms with Gasteiger partial charge < -0.3 is 5.73 Å². The number of rotatable bonds is 7. The molecule has 0 amide bonds. The van der Waals surface area contributed by atoms with Crippen LogP contribution in [0.5, 0.6) is 0 Å². The van der Waals surface area contributed by atoms with Gasteiger partial charge in [0.05, 0.1) is 5.02 Å². The number of benzene rings is 1. The van der Waals surface area contributed by atoms with E-state index < -0.39 is 0 Å². The molecule has 0 saturated heterocycles. The van der Waals surface area contributed by atoms with Gasteiger partial charge in [0, 0.05) is 6.04 Å². The summed E-state index contributed by atoms with van der Waals surface area (Å²) in [5.41, 5.74) is 6.99. The maximum atomic E-state index is 13.4. The smallest absolute Gasteiger partial charge is 0.142 e. The second-order valence-corrected chi connectivity index (χ2v) is 5.34. The Kier molecular flexibility index (Phi) is 6.66. The average molecular weight is 272 g/mol. The first-order valence-corrected chi connectivity index (χ1v) is 7.16. The summed E-state index contributed by atoms with van der Waals surface area (Å²) < 4.78 is 13.4. The largest absolute Gasteiger partial charge is 0.324 e. The molecular weight excluding hydrogens is 249 g/mol. The lowest BCUT2D eigenvalue weighted by molar-refractivity contribution is 0.388. The van der Waals surface area contributed by atoms with Crippen molar-refractivity contribution in [3.05, 3.63) is 34.6 Å². The van der Waals surface area contributed by atoms with Crippen molar-refractivity contribution in [3.63, 3.8) is 0 Å². The van der Waals surface area contributed by atoms with Gasteiger partial charge in [-0.05, 0) is 30.0 Å². The van der Waals surface area contributed by atoms with Gasteiger partial charge in [-0.1, -0.05) is 57.2 Å². The molecule has 0 heterocycles. The zero-order chi connectivity index (χ0) is 13.5. The number of hydrogen-bond acceptors (Lipinski definition) is 1. The molecule has 0 aliphatic heterocycles. The van der Waals surface area contributed by atoms with Crippen LogP contribution in [0.25, 0.3) is 0 Å². The molecule has 0 bridgehead atoms. The summed E-state index contributed by atoms with van der Waals surface area (Å²) in [4.78, 5) is 0. The van der Waals surface area contributed by atoms with Gasteiger partial charge in [-0.2, -0.15) is 0 Å². The first kappa shape index (κ1) is 15.5. The van der Waals surface area contributed by atoms with E-state index in [2.05, 4.69) is 13.8 Å². The van der Waals surface area contributed by atoms with Gasteiger partial charge in [-0.3, -0.25) is 0 Å². The first-order valence-electron chi connectivity index (χ1n) is 6.79. The minimum atomic E-state index is -0.383. The molecular formula is C15H23ClFN. The molecule has 1 nitrogen and oxygen atoms in total. The topological polar surface area (TPSA) is 26.0 Å². The third-order valence-electron chi connectivity index (χ3n) is 3.50. The highest BCUT2D eigenvalue weighted by molar-refractivity contribution is 6.30. The minimum Gasteiger partial charge on any atom is -0.324 e. The van der Waals surface area contributed by atoms with Crippen LogP contribution in [-0.2, 0) is 0 Å². The van der Waals surface area contributed by atoms with Crippen LogP contribution in [0, 0.1) is 11.7 Å². The second-order valence-electron chi connectivity index (χ2n) is 4.93. The van der Waals surface area contributed by atoms with Crippen LogP contribution in [0.2, 0.25) is 5.02 Å². The Hall–Kier alpha value is -0.600. The quantitative estimate of drug-likeness (QED) is 0.735. The van der Waals surface area contributed by atoms with Crippen molar-refractivity contribution in [2.75, 3.05) is 0 Å². The number of nitrogens with two attached hydrogens (primary N) is 1. The molecule has 1 rings (SSSR count). The van der Waals surface area contributed by atoms with Crippen LogP contribution in [0.15, 0.2) is 18.2 Å². The van der Waals surface area contributed by atoms with Crippen LogP contribution in [0.1, 0.15) is 57.6 Å². The van der Waals surface area contributed by atoms with Crippen LogP contribution in [0.4, 0.5) is 4.39 Å². The van der Waals surface area contributed by atoms with E-state index in [1.807, 2.05) is 6.07 Å². The van der Waals surface area contributed by atoms with E-state index in [9.17, 15) is 4.39 Å². The van der Waals surface area contributed by atoms with Crippen LogP contribution in [0.3, 0.4) is 0 Å². The fourth-order valence-corrected chi connectivity index (χ4v) is 2.34. The lowest BCUT2D eigenvalue weighted by atomic mass is 9.89. The maximum Gasteiger partial charge on any atom is 0.142 e. The summed E-state index contributed by atoms with van der Waals surface area (Å²) in [6.07, 6.45) is 5.69.